The molecule has 0 radical (unpaired) electrons. The van der Waals surface area contributed by atoms with Gasteiger partial charge in [0, 0.05) is 0 Å². The van der Waals surface area contributed by atoms with Crippen molar-refractivity contribution in [2.45, 2.75) is 39.3 Å². The molecule has 82 valence electrons. The highest BCUT2D eigenvalue weighted by Crippen LogP contribution is 2.05. The highest BCUT2D eigenvalue weighted by molar-refractivity contribution is 5.86. The lowest BCUT2D eigenvalue weighted by Crippen LogP contribution is -2.49. The van der Waals surface area contributed by atoms with Gasteiger partial charge < -0.3 is 16.2 Å². The average molecular weight is 202 g/mol. The van der Waals surface area contributed by atoms with Gasteiger partial charge in [0.15, 0.2) is 0 Å². The standard InChI is InChI=1S/C9H18N2O3/c1-4-5(2)7(10)8(12)11-6(3)9(13)14/h5-7H,4,10H2,1-3H3,(H,11,12)(H,13,14)/t5?,6-,7?/m0/s1. The Labute approximate surface area is 83.7 Å². The fourth-order valence-electron chi connectivity index (χ4n) is 0.884. The summed E-state index contributed by atoms with van der Waals surface area (Å²) >= 11 is 0. The van der Waals surface area contributed by atoms with E-state index >= 15 is 0 Å². The summed E-state index contributed by atoms with van der Waals surface area (Å²) in [5, 5.41) is 10.9. The second kappa shape index (κ2) is 5.59. The summed E-state index contributed by atoms with van der Waals surface area (Å²) < 4.78 is 0. The fraction of sp³-hybridized carbons (Fsp3) is 0.778. The molecule has 4 N–H and O–H groups in total. The van der Waals surface area contributed by atoms with Gasteiger partial charge in [-0.05, 0) is 12.8 Å². The fourth-order valence-corrected chi connectivity index (χ4v) is 0.884. The Bertz CT molecular complexity index is 218. The number of rotatable bonds is 5. The first-order valence-corrected chi connectivity index (χ1v) is 4.68. The number of nitrogens with two attached hydrogens (primary N) is 1. The van der Waals surface area contributed by atoms with Crippen LogP contribution in [0, 0.1) is 5.92 Å². The largest absolute Gasteiger partial charge is 0.480 e. The Morgan fingerprint density at radius 2 is 1.93 bits per heavy atom. The van der Waals surface area contributed by atoms with E-state index in [9.17, 15) is 9.59 Å². The van der Waals surface area contributed by atoms with Gasteiger partial charge in [0.25, 0.3) is 0 Å². The molecule has 0 aromatic heterocycles. The molecule has 2 unspecified atom stereocenters. The molecule has 0 fully saturated rings. The Morgan fingerprint density at radius 3 is 2.29 bits per heavy atom. The Hall–Kier alpha value is -1.10. The lowest BCUT2D eigenvalue weighted by atomic mass is 9.99. The van der Waals surface area contributed by atoms with Crippen LogP contribution in [0.1, 0.15) is 27.2 Å². The molecule has 5 heteroatoms. The minimum Gasteiger partial charge on any atom is -0.480 e. The van der Waals surface area contributed by atoms with Gasteiger partial charge >= 0.3 is 5.97 Å². The van der Waals surface area contributed by atoms with Gasteiger partial charge in [-0.25, -0.2) is 0 Å². The zero-order valence-corrected chi connectivity index (χ0v) is 8.78. The van der Waals surface area contributed by atoms with Crippen LogP contribution < -0.4 is 11.1 Å². The topological polar surface area (TPSA) is 92.4 Å². The average Bonchev–Trinajstić information content (AvgIpc) is 2.14. The van der Waals surface area contributed by atoms with Crippen LogP contribution in [0.25, 0.3) is 0 Å². The minimum absolute atomic E-state index is 0.0518. The molecule has 0 aromatic rings. The van der Waals surface area contributed by atoms with E-state index in [4.69, 9.17) is 10.8 Å². The molecule has 0 saturated heterocycles. The molecule has 0 heterocycles. The zero-order chi connectivity index (χ0) is 11.3. The Balaban J connectivity index is 4.14. The summed E-state index contributed by atoms with van der Waals surface area (Å²) in [7, 11) is 0. The third-order valence-electron chi connectivity index (χ3n) is 2.29. The molecule has 5 nitrogen and oxygen atoms in total. The number of carbonyl (C=O) groups is 2. The molecule has 0 aromatic carbocycles. The van der Waals surface area contributed by atoms with Crippen LogP contribution >= 0.6 is 0 Å². The van der Waals surface area contributed by atoms with Gasteiger partial charge in [0.1, 0.15) is 6.04 Å². The van der Waals surface area contributed by atoms with Gasteiger partial charge in [-0.1, -0.05) is 20.3 Å². The molecule has 1 amide bonds. The Kier molecular flexibility index (Phi) is 5.15. The summed E-state index contributed by atoms with van der Waals surface area (Å²) in [6.07, 6.45) is 0.788. The summed E-state index contributed by atoms with van der Waals surface area (Å²) in [4.78, 5) is 21.8. The van der Waals surface area contributed by atoms with Gasteiger partial charge in [0.2, 0.25) is 5.91 Å². The number of hydrogen-bond acceptors (Lipinski definition) is 3. The maximum Gasteiger partial charge on any atom is 0.325 e. The second-order valence-electron chi connectivity index (χ2n) is 3.48. The van der Waals surface area contributed by atoms with E-state index in [1.165, 1.54) is 6.92 Å². The number of carbonyl (C=O) groups excluding carboxylic acids is 1. The van der Waals surface area contributed by atoms with Crippen LogP contribution in [0.4, 0.5) is 0 Å². The zero-order valence-electron chi connectivity index (χ0n) is 8.78. The summed E-state index contributed by atoms with van der Waals surface area (Å²) in [6, 6.07) is -1.53. The van der Waals surface area contributed by atoms with E-state index in [0.717, 1.165) is 6.42 Å². The van der Waals surface area contributed by atoms with Crippen molar-refractivity contribution in [3.05, 3.63) is 0 Å². The molecule has 0 aliphatic carbocycles. The first-order valence-electron chi connectivity index (χ1n) is 4.68. The molecule has 0 spiro atoms. The van der Waals surface area contributed by atoms with Crippen molar-refractivity contribution < 1.29 is 14.7 Å². The van der Waals surface area contributed by atoms with Gasteiger partial charge in [0.05, 0.1) is 6.04 Å². The molecular formula is C9H18N2O3. The number of nitrogens with one attached hydrogen (secondary N) is 1. The maximum atomic E-state index is 11.4. The summed E-state index contributed by atoms with van der Waals surface area (Å²) in [5.41, 5.74) is 5.61. The highest BCUT2D eigenvalue weighted by atomic mass is 16.4. The van der Waals surface area contributed by atoms with Crippen molar-refractivity contribution in [3.63, 3.8) is 0 Å². The summed E-state index contributed by atoms with van der Waals surface area (Å²) in [5.74, 6) is -1.42. The maximum absolute atomic E-state index is 11.4. The van der Waals surface area contributed by atoms with Crippen LogP contribution in [0.5, 0.6) is 0 Å². The molecule has 14 heavy (non-hydrogen) atoms. The summed E-state index contributed by atoms with van der Waals surface area (Å²) in [6.45, 7) is 5.19. The van der Waals surface area contributed by atoms with Crippen LogP contribution in [0.15, 0.2) is 0 Å². The quantitative estimate of drug-likeness (QED) is 0.582. The first kappa shape index (κ1) is 12.9. The third kappa shape index (κ3) is 3.74. The molecule has 0 aliphatic heterocycles. The van der Waals surface area contributed by atoms with Gasteiger partial charge in [-0.2, -0.15) is 0 Å². The van der Waals surface area contributed by atoms with E-state index < -0.39 is 24.0 Å². The highest BCUT2D eigenvalue weighted by Gasteiger charge is 2.22. The number of carboxylic acids is 1. The van der Waals surface area contributed by atoms with Crippen molar-refractivity contribution in [1.29, 1.82) is 0 Å². The lowest BCUT2D eigenvalue weighted by molar-refractivity contribution is -0.141. The number of carboxylic acid groups (broad SMARTS) is 1. The molecular weight excluding hydrogens is 184 g/mol. The normalized spacial score (nSPS) is 16.9. The lowest BCUT2D eigenvalue weighted by Gasteiger charge is -2.19. The van der Waals surface area contributed by atoms with Crippen molar-refractivity contribution >= 4 is 11.9 Å². The number of aliphatic carboxylic acids is 1. The molecule has 0 saturated carbocycles. The van der Waals surface area contributed by atoms with Gasteiger partial charge in [-0.15, -0.1) is 0 Å². The first-order chi connectivity index (χ1) is 6.40. The van der Waals surface area contributed by atoms with E-state index in [0.29, 0.717) is 0 Å². The Morgan fingerprint density at radius 1 is 1.43 bits per heavy atom. The van der Waals surface area contributed by atoms with E-state index in [-0.39, 0.29) is 5.92 Å². The second-order valence-corrected chi connectivity index (χ2v) is 3.48. The molecule has 0 bridgehead atoms. The van der Waals surface area contributed by atoms with Gasteiger partial charge in [-0.3, -0.25) is 9.59 Å². The molecule has 0 rings (SSSR count). The molecule has 0 aliphatic rings. The monoisotopic (exact) mass is 202 g/mol. The number of hydrogen-bond donors (Lipinski definition) is 3. The van der Waals surface area contributed by atoms with E-state index in [1.54, 1.807) is 0 Å². The molecule has 3 atom stereocenters. The van der Waals surface area contributed by atoms with Crippen LogP contribution in [0.2, 0.25) is 0 Å². The van der Waals surface area contributed by atoms with Crippen LogP contribution in [-0.4, -0.2) is 29.1 Å². The number of amides is 1. The minimum atomic E-state index is -1.06. The van der Waals surface area contributed by atoms with Crippen molar-refractivity contribution in [2.75, 3.05) is 0 Å². The van der Waals surface area contributed by atoms with Crippen molar-refractivity contribution in [1.82, 2.24) is 5.32 Å². The van der Waals surface area contributed by atoms with E-state index in [2.05, 4.69) is 5.32 Å². The predicted octanol–water partition coefficient (Wildman–Crippen LogP) is -0.0509. The smallest absolute Gasteiger partial charge is 0.325 e. The van der Waals surface area contributed by atoms with Crippen LogP contribution in [0.3, 0.4) is 0 Å². The SMILES string of the molecule is CCC(C)C(N)C(=O)N[C@@H](C)C(=O)O. The van der Waals surface area contributed by atoms with E-state index in [1.807, 2.05) is 13.8 Å². The van der Waals surface area contributed by atoms with Crippen molar-refractivity contribution in [2.24, 2.45) is 11.7 Å². The van der Waals surface area contributed by atoms with Crippen LogP contribution in [-0.2, 0) is 9.59 Å². The van der Waals surface area contributed by atoms with Crippen molar-refractivity contribution in [3.8, 4) is 0 Å². The predicted molar refractivity (Wildman–Crippen MR) is 52.7 cm³/mol. The third-order valence-corrected chi connectivity index (χ3v) is 2.29.